The number of halogens is 1. The normalized spacial score (nSPS) is 18.3. The molecule has 0 spiro atoms. The summed E-state index contributed by atoms with van der Waals surface area (Å²) in [6.45, 7) is 2.18. The van der Waals surface area contributed by atoms with Crippen molar-refractivity contribution in [1.29, 1.82) is 0 Å². The molecule has 78 valence electrons. The number of hydrogen-bond donors (Lipinski definition) is 0. The molecule has 1 saturated carbocycles. The molecule has 2 aromatic rings. The molecule has 0 aromatic carbocycles. The van der Waals surface area contributed by atoms with Crippen LogP contribution in [-0.2, 0) is 0 Å². The van der Waals surface area contributed by atoms with Gasteiger partial charge in [-0.1, -0.05) is 11.6 Å². The maximum Gasteiger partial charge on any atom is 0.162 e. The van der Waals surface area contributed by atoms with Crippen molar-refractivity contribution in [2.75, 3.05) is 0 Å². The fraction of sp³-hybridized carbons (Fsp3) is 0.500. The second-order valence-electron chi connectivity index (χ2n) is 4.07. The van der Waals surface area contributed by atoms with Crippen LogP contribution in [0.2, 0.25) is 5.15 Å². The highest BCUT2D eigenvalue weighted by molar-refractivity contribution is 6.33. The van der Waals surface area contributed by atoms with E-state index in [1.165, 1.54) is 19.2 Å². The third-order valence-electron chi connectivity index (χ3n) is 3.03. The summed E-state index contributed by atoms with van der Waals surface area (Å²) in [7, 11) is 0. The zero-order valence-corrected chi connectivity index (χ0v) is 9.15. The lowest BCUT2D eigenvalue weighted by molar-refractivity contribution is 0.450. The van der Waals surface area contributed by atoms with Gasteiger partial charge in [-0.05, 0) is 25.7 Å². The summed E-state index contributed by atoms with van der Waals surface area (Å²) < 4.78 is 1.96. The number of fused-ring (bicyclic) bond motifs is 1. The summed E-state index contributed by atoms with van der Waals surface area (Å²) >= 11 is 5.97. The monoisotopic (exact) mass is 222 g/mol. The van der Waals surface area contributed by atoms with Crippen LogP contribution in [0.5, 0.6) is 0 Å². The molecule has 2 heterocycles. The van der Waals surface area contributed by atoms with Gasteiger partial charge in [0.15, 0.2) is 5.65 Å². The van der Waals surface area contributed by atoms with Crippen LogP contribution in [-0.4, -0.2) is 19.7 Å². The van der Waals surface area contributed by atoms with Crippen LogP contribution >= 0.6 is 11.6 Å². The second-order valence-corrected chi connectivity index (χ2v) is 4.43. The molecule has 3 rings (SSSR count). The summed E-state index contributed by atoms with van der Waals surface area (Å²) in [4.78, 5) is 8.18. The Morgan fingerprint density at radius 1 is 1.47 bits per heavy atom. The van der Waals surface area contributed by atoms with E-state index in [0.717, 1.165) is 17.0 Å². The van der Waals surface area contributed by atoms with Gasteiger partial charge >= 0.3 is 0 Å². The van der Waals surface area contributed by atoms with Crippen molar-refractivity contribution in [3.63, 3.8) is 0 Å². The fourth-order valence-corrected chi connectivity index (χ4v) is 2.09. The summed E-state index contributed by atoms with van der Waals surface area (Å²) in [5.74, 6) is 0.752. The lowest BCUT2D eigenvalue weighted by atomic mass is 10.2. The lowest BCUT2D eigenvalue weighted by Crippen LogP contribution is -2.09. The Kier molecular flexibility index (Phi) is 1.92. The van der Waals surface area contributed by atoms with E-state index in [9.17, 15) is 0 Å². The molecule has 0 saturated heterocycles. The van der Waals surface area contributed by atoms with Gasteiger partial charge in [-0.2, -0.15) is 5.10 Å². The van der Waals surface area contributed by atoms with Crippen molar-refractivity contribution in [1.82, 2.24) is 19.7 Å². The molecule has 5 heteroatoms. The van der Waals surface area contributed by atoms with Crippen molar-refractivity contribution in [2.45, 2.75) is 25.8 Å². The Bertz CT molecular complexity index is 503. The molecule has 0 N–H and O–H groups in total. The van der Waals surface area contributed by atoms with Gasteiger partial charge in [-0.25, -0.2) is 14.6 Å². The molecule has 4 nitrogen and oxygen atoms in total. The van der Waals surface area contributed by atoms with E-state index in [1.54, 1.807) is 6.20 Å². The molecule has 0 amide bonds. The van der Waals surface area contributed by atoms with E-state index in [4.69, 9.17) is 11.6 Å². The fourth-order valence-electron chi connectivity index (χ4n) is 1.91. The van der Waals surface area contributed by atoms with Crippen molar-refractivity contribution >= 4 is 22.6 Å². The van der Waals surface area contributed by atoms with E-state index in [2.05, 4.69) is 22.0 Å². The van der Waals surface area contributed by atoms with Crippen LogP contribution < -0.4 is 0 Å². The lowest BCUT2D eigenvalue weighted by Gasteiger charge is -2.10. The Morgan fingerprint density at radius 3 is 3.00 bits per heavy atom. The quantitative estimate of drug-likeness (QED) is 0.734. The molecule has 1 aliphatic rings. The maximum absolute atomic E-state index is 5.97. The Morgan fingerprint density at radius 2 is 2.27 bits per heavy atom. The van der Waals surface area contributed by atoms with E-state index < -0.39 is 0 Å². The molecular weight excluding hydrogens is 212 g/mol. The van der Waals surface area contributed by atoms with Crippen LogP contribution in [0.15, 0.2) is 12.5 Å². The van der Waals surface area contributed by atoms with Gasteiger partial charge in [0.2, 0.25) is 0 Å². The number of aromatic nitrogens is 4. The molecule has 1 fully saturated rings. The van der Waals surface area contributed by atoms with Crippen LogP contribution in [0.4, 0.5) is 0 Å². The van der Waals surface area contributed by atoms with Crippen LogP contribution in [0.25, 0.3) is 11.0 Å². The Hall–Kier alpha value is -1.16. The molecular formula is C10H11ClN4. The summed E-state index contributed by atoms with van der Waals surface area (Å²) in [5.41, 5.74) is 0.842. The predicted molar refractivity (Wildman–Crippen MR) is 57.8 cm³/mol. The topological polar surface area (TPSA) is 43.6 Å². The molecule has 1 aliphatic carbocycles. The highest BCUT2D eigenvalue weighted by Gasteiger charge is 2.30. The van der Waals surface area contributed by atoms with E-state index in [1.807, 2.05) is 4.68 Å². The molecule has 0 aliphatic heterocycles. The van der Waals surface area contributed by atoms with Crippen molar-refractivity contribution in [3.05, 3.63) is 17.7 Å². The third-order valence-corrected chi connectivity index (χ3v) is 3.33. The first-order chi connectivity index (χ1) is 7.27. The SMILES string of the molecule is CC(C1CC1)n1ncc2c(Cl)ncnc21. The zero-order chi connectivity index (χ0) is 10.4. The van der Waals surface area contributed by atoms with E-state index in [0.29, 0.717) is 11.2 Å². The van der Waals surface area contributed by atoms with Gasteiger partial charge < -0.3 is 0 Å². The van der Waals surface area contributed by atoms with Gasteiger partial charge in [0, 0.05) is 0 Å². The molecule has 0 bridgehead atoms. The third kappa shape index (κ3) is 1.40. The number of nitrogens with zero attached hydrogens (tertiary/aromatic N) is 4. The minimum absolute atomic E-state index is 0.411. The summed E-state index contributed by atoms with van der Waals surface area (Å²) in [5, 5.41) is 5.67. The Labute approximate surface area is 92.3 Å². The first-order valence-electron chi connectivity index (χ1n) is 5.11. The average Bonchev–Trinajstić information content (AvgIpc) is 2.98. The summed E-state index contributed by atoms with van der Waals surface area (Å²) in [6, 6.07) is 0.411. The van der Waals surface area contributed by atoms with Gasteiger partial charge in [-0.15, -0.1) is 0 Å². The highest BCUT2D eigenvalue weighted by atomic mass is 35.5. The second kappa shape index (κ2) is 3.17. The van der Waals surface area contributed by atoms with E-state index in [-0.39, 0.29) is 0 Å². The smallest absolute Gasteiger partial charge is 0.162 e. The molecule has 2 aromatic heterocycles. The number of hydrogen-bond acceptors (Lipinski definition) is 3. The number of rotatable bonds is 2. The van der Waals surface area contributed by atoms with Gasteiger partial charge in [-0.3, -0.25) is 0 Å². The van der Waals surface area contributed by atoms with Crippen molar-refractivity contribution in [2.24, 2.45) is 5.92 Å². The van der Waals surface area contributed by atoms with Crippen molar-refractivity contribution in [3.8, 4) is 0 Å². The first-order valence-corrected chi connectivity index (χ1v) is 5.49. The average molecular weight is 223 g/mol. The zero-order valence-electron chi connectivity index (χ0n) is 8.39. The minimum Gasteiger partial charge on any atom is -0.244 e. The molecule has 1 atom stereocenters. The summed E-state index contributed by atoms with van der Waals surface area (Å²) in [6.07, 6.45) is 5.82. The van der Waals surface area contributed by atoms with E-state index >= 15 is 0 Å². The highest BCUT2D eigenvalue weighted by Crippen LogP contribution is 2.40. The van der Waals surface area contributed by atoms with Crippen LogP contribution in [0.3, 0.4) is 0 Å². The minimum atomic E-state index is 0.411. The van der Waals surface area contributed by atoms with Crippen molar-refractivity contribution < 1.29 is 0 Å². The first kappa shape index (κ1) is 9.09. The molecule has 15 heavy (non-hydrogen) atoms. The maximum atomic E-state index is 5.97. The van der Waals surface area contributed by atoms with Crippen LogP contribution in [0.1, 0.15) is 25.8 Å². The van der Waals surface area contributed by atoms with Gasteiger partial charge in [0.1, 0.15) is 11.5 Å². The predicted octanol–water partition coefficient (Wildman–Crippen LogP) is 2.45. The molecule has 1 unspecified atom stereocenters. The Balaban J connectivity index is 2.15. The molecule has 0 radical (unpaired) electrons. The van der Waals surface area contributed by atoms with Gasteiger partial charge in [0.05, 0.1) is 17.6 Å². The van der Waals surface area contributed by atoms with Gasteiger partial charge in [0.25, 0.3) is 0 Å². The standard InChI is InChI=1S/C10H11ClN4/c1-6(7-2-3-7)15-10-8(4-14-15)9(11)12-5-13-10/h4-7H,2-3H2,1H3. The van der Waals surface area contributed by atoms with Crippen LogP contribution in [0, 0.1) is 5.92 Å². The largest absolute Gasteiger partial charge is 0.244 e.